The average molecular weight is 484 g/mol. The lowest BCUT2D eigenvalue weighted by molar-refractivity contribution is -0.254. The van der Waals surface area contributed by atoms with E-state index in [0.29, 0.717) is 38.4 Å². The van der Waals surface area contributed by atoms with E-state index in [4.69, 9.17) is 21.1 Å². The van der Waals surface area contributed by atoms with Gasteiger partial charge in [-0.05, 0) is 30.3 Å². The molecule has 168 valence electrons. The molecule has 0 saturated carbocycles. The molecule has 4 rings (SSSR count). The SMILES string of the molecule is COc1ccc(C2=NN(c3nc(-c4ccc(Cl)cc4)cs3)[C@](O)(C(F)(F)F)C2)cc1OC. The third kappa shape index (κ3) is 3.89. The van der Waals surface area contributed by atoms with Crippen LogP contribution in [0.15, 0.2) is 52.9 Å². The van der Waals surface area contributed by atoms with Crippen molar-refractivity contribution < 1.29 is 27.8 Å². The molecule has 0 radical (unpaired) electrons. The van der Waals surface area contributed by atoms with Crippen LogP contribution in [0, 0.1) is 0 Å². The third-order valence-electron chi connectivity index (χ3n) is 4.97. The summed E-state index contributed by atoms with van der Waals surface area (Å²) in [5, 5.41) is 17.4. The van der Waals surface area contributed by atoms with Crippen molar-refractivity contribution in [1.29, 1.82) is 0 Å². The quantitative estimate of drug-likeness (QED) is 0.530. The molecule has 1 aliphatic heterocycles. The van der Waals surface area contributed by atoms with E-state index < -0.39 is 18.3 Å². The van der Waals surface area contributed by atoms with Crippen molar-refractivity contribution in [2.24, 2.45) is 5.10 Å². The number of thiazole rings is 1. The second-order valence-electron chi connectivity index (χ2n) is 6.94. The fraction of sp³-hybridized carbons (Fsp3) is 0.238. The maximum absolute atomic E-state index is 14.0. The second-order valence-corrected chi connectivity index (χ2v) is 8.21. The summed E-state index contributed by atoms with van der Waals surface area (Å²) < 4.78 is 52.3. The van der Waals surface area contributed by atoms with Crippen LogP contribution in [0.1, 0.15) is 12.0 Å². The van der Waals surface area contributed by atoms with E-state index in [1.807, 2.05) is 0 Å². The summed E-state index contributed by atoms with van der Waals surface area (Å²) in [6, 6.07) is 11.4. The number of ether oxygens (including phenoxy) is 2. The molecule has 1 aliphatic rings. The molecule has 11 heteroatoms. The summed E-state index contributed by atoms with van der Waals surface area (Å²) in [6.07, 6.45) is -5.76. The Labute approximate surface area is 190 Å². The Hall–Kier alpha value is -2.82. The van der Waals surface area contributed by atoms with Gasteiger partial charge in [-0.3, -0.25) is 0 Å². The smallest absolute Gasteiger partial charge is 0.438 e. The molecular weight excluding hydrogens is 467 g/mol. The standard InChI is InChI=1S/C21H17ClF3N3O3S/c1-30-17-8-5-13(9-18(17)31-2)15-10-20(29,21(23,24)25)28(27-15)19-26-16(11-32-19)12-3-6-14(22)7-4-12/h3-9,11,29H,10H2,1-2H3/t20-/m1/s1. The normalized spacial score (nSPS) is 18.6. The number of hydrogen-bond donors (Lipinski definition) is 1. The molecule has 0 unspecified atom stereocenters. The summed E-state index contributed by atoms with van der Waals surface area (Å²) in [7, 11) is 2.87. The molecule has 0 amide bonds. The minimum atomic E-state index is -4.99. The van der Waals surface area contributed by atoms with Crippen LogP contribution in [-0.2, 0) is 0 Å². The number of anilines is 1. The van der Waals surface area contributed by atoms with E-state index in [2.05, 4.69) is 10.1 Å². The Morgan fingerprint density at radius 2 is 1.72 bits per heavy atom. The van der Waals surface area contributed by atoms with E-state index in [1.54, 1.807) is 41.8 Å². The molecule has 0 fully saturated rings. The van der Waals surface area contributed by atoms with Gasteiger partial charge in [-0.1, -0.05) is 23.7 Å². The summed E-state index contributed by atoms with van der Waals surface area (Å²) in [5.41, 5.74) is -1.72. The van der Waals surface area contributed by atoms with Crippen LogP contribution in [0.2, 0.25) is 5.02 Å². The Morgan fingerprint density at radius 3 is 2.34 bits per heavy atom. The Kier molecular flexibility index (Phi) is 5.78. The highest BCUT2D eigenvalue weighted by molar-refractivity contribution is 7.14. The number of rotatable bonds is 5. The van der Waals surface area contributed by atoms with E-state index in [-0.39, 0.29) is 10.8 Å². The number of alkyl halides is 3. The van der Waals surface area contributed by atoms with Crippen LogP contribution in [0.25, 0.3) is 11.3 Å². The van der Waals surface area contributed by atoms with E-state index >= 15 is 0 Å². The van der Waals surface area contributed by atoms with Gasteiger partial charge in [0.1, 0.15) is 0 Å². The fourth-order valence-electron chi connectivity index (χ4n) is 3.26. The van der Waals surface area contributed by atoms with Crippen LogP contribution in [0.4, 0.5) is 18.3 Å². The van der Waals surface area contributed by atoms with E-state index in [0.717, 1.165) is 11.3 Å². The van der Waals surface area contributed by atoms with Gasteiger partial charge >= 0.3 is 6.18 Å². The number of aromatic nitrogens is 1. The summed E-state index contributed by atoms with van der Waals surface area (Å²) >= 11 is 6.84. The molecule has 1 atom stereocenters. The molecule has 0 saturated heterocycles. The summed E-state index contributed by atoms with van der Waals surface area (Å²) in [6.45, 7) is 0. The zero-order chi connectivity index (χ0) is 23.1. The van der Waals surface area contributed by atoms with Crippen LogP contribution >= 0.6 is 22.9 Å². The Bertz CT molecular complexity index is 1170. The zero-order valence-corrected chi connectivity index (χ0v) is 18.4. The number of nitrogens with zero attached hydrogens (tertiary/aromatic N) is 3. The highest BCUT2D eigenvalue weighted by Crippen LogP contribution is 2.45. The van der Waals surface area contributed by atoms with Gasteiger partial charge in [-0.2, -0.15) is 23.3 Å². The van der Waals surface area contributed by atoms with Gasteiger partial charge in [0, 0.05) is 21.5 Å². The van der Waals surface area contributed by atoms with Crippen molar-refractivity contribution >= 4 is 33.8 Å². The summed E-state index contributed by atoms with van der Waals surface area (Å²) in [4.78, 5) is 4.28. The minimum Gasteiger partial charge on any atom is -0.493 e. The van der Waals surface area contributed by atoms with Crippen molar-refractivity contribution in [1.82, 2.24) is 4.98 Å². The fourth-order valence-corrected chi connectivity index (χ4v) is 4.23. The molecule has 2 heterocycles. The maximum atomic E-state index is 14.0. The molecule has 1 aromatic heterocycles. The molecule has 3 aromatic rings. The lowest BCUT2D eigenvalue weighted by Crippen LogP contribution is -2.55. The third-order valence-corrected chi connectivity index (χ3v) is 6.04. The first-order chi connectivity index (χ1) is 15.2. The van der Waals surface area contributed by atoms with Gasteiger partial charge in [0.15, 0.2) is 11.5 Å². The van der Waals surface area contributed by atoms with E-state index in [1.165, 1.54) is 20.3 Å². The molecule has 1 N–H and O–H groups in total. The van der Waals surface area contributed by atoms with Gasteiger partial charge < -0.3 is 14.6 Å². The van der Waals surface area contributed by atoms with Crippen molar-refractivity contribution in [2.45, 2.75) is 18.3 Å². The predicted molar refractivity (Wildman–Crippen MR) is 117 cm³/mol. The number of hydrazone groups is 1. The Balaban J connectivity index is 1.75. The van der Waals surface area contributed by atoms with E-state index in [9.17, 15) is 18.3 Å². The van der Waals surface area contributed by atoms with Gasteiger partial charge in [0.2, 0.25) is 5.13 Å². The van der Waals surface area contributed by atoms with Crippen molar-refractivity contribution in [3.63, 3.8) is 0 Å². The molecular formula is C21H17ClF3N3O3S. The highest BCUT2D eigenvalue weighted by Gasteiger charge is 2.62. The van der Waals surface area contributed by atoms with Gasteiger partial charge in [0.25, 0.3) is 5.72 Å². The van der Waals surface area contributed by atoms with Crippen molar-refractivity contribution in [3.8, 4) is 22.8 Å². The first kappa shape index (κ1) is 22.4. The van der Waals surface area contributed by atoms with Crippen LogP contribution in [0.3, 0.4) is 0 Å². The molecule has 32 heavy (non-hydrogen) atoms. The number of hydrogen-bond acceptors (Lipinski definition) is 7. The molecule has 0 bridgehead atoms. The lowest BCUT2D eigenvalue weighted by Gasteiger charge is -2.32. The van der Waals surface area contributed by atoms with Gasteiger partial charge in [-0.25, -0.2) is 4.98 Å². The average Bonchev–Trinajstić information content (AvgIpc) is 3.39. The Morgan fingerprint density at radius 1 is 1.06 bits per heavy atom. The monoisotopic (exact) mass is 483 g/mol. The molecule has 2 aromatic carbocycles. The number of benzene rings is 2. The summed E-state index contributed by atoms with van der Waals surface area (Å²) in [5.74, 6) is 0.756. The largest absolute Gasteiger partial charge is 0.493 e. The zero-order valence-electron chi connectivity index (χ0n) is 16.9. The molecule has 6 nitrogen and oxygen atoms in total. The van der Waals surface area contributed by atoms with Crippen LogP contribution in [-0.4, -0.2) is 41.9 Å². The highest BCUT2D eigenvalue weighted by atomic mass is 35.5. The van der Waals surface area contributed by atoms with Crippen LogP contribution in [0.5, 0.6) is 11.5 Å². The lowest BCUT2D eigenvalue weighted by atomic mass is 10.0. The van der Waals surface area contributed by atoms with Crippen LogP contribution < -0.4 is 14.5 Å². The minimum absolute atomic E-state index is 0.0361. The number of methoxy groups -OCH3 is 2. The van der Waals surface area contributed by atoms with Gasteiger partial charge in [-0.15, -0.1) is 11.3 Å². The predicted octanol–water partition coefficient (Wildman–Crippen LogP) is 5.35. The van der Waals surface area contributed by atoms with Gasteiger partial charge in [0.05, 0.1) is 32.0 Å². The number of halogens is 4. The van der Waals surface area contributed by atoms with Crippen molar-refractivity contribution in [2.75, 3.05) is 19.2 Å². The first-order valence-electron chi connectivity index (χ1n) is 9.27. The molecule has 0 spiro atoms. The topological polar surface area (TPSA) is 67.2 Å². The maximum Gasteiger partial charge on any atom is 0.438 e. The second kappa shape index (κ2) is 8.27. The molecule has 0 aliphatic carbocycles. The first-order valence-corrected chi connectivity index (χ1v) is 10.5. The van der Waals surface area contributed by atoms with Crippen molar-refractivity contribution in [3.05, 3.63) is 58.4 Å². The number of aliphatic hydroxyl groups is 1.